The number of hydrogen-bond acceptors (Lipinski definition) is 4. The van der Waals surface area contributed by atoms with E-state index in [0.717, 1.165) is 25.2 Å². The predicted molar refractivity (Wildman–Crippen MR) is 89.6 cm³/mol. The first-order valence-electron chi connectivity index (χ1n) is 7.63. The summed E-state index contributed by atoms with van der Waals surface area (Å²) in [7, 11) is 0. The lowest BCUT2D eigenvalue weighted by Crippen LogP contribution is -2.50. The Hall–Kier alpha value is -1.14. The Labute approximate surface area is 137 Å². The monoisotopic (exact) mass is 325 g/mol. The molecule has 0 aromatic heterocycles. The highest BCUT2D eigenvalue weighted by Gasteiger charge is 2.32. The Morgan fingerprint density at radius 1 is 1.41 bits per heavy atom. The van der Waals surface area contributed by atoms with E-state index in [1.165, 1.54) is 5.56 Å². The highest BCUT2D eigenvalue weighted by molar-refractivity contribution is 5.97. The van der Waals surface area contributed by atoms with Gasteiger partial charge in [0.15, 0.2) is 0 Å². The fourth-order valence-corrected chi connectivity index (χ4v) is 3.28. The van der Waals surface area contributed by atoms with Crippen molar-refractivity contribution in [2.75, 3.05) is 37.7 Å². The summed E-state index contributed by atoms with van der Waals surface area (Å²) in [6.45, 7) is 5.26. The molecule has 1 amide bonds. The number of anilines is 1. The van der Waals surface area contributed by atoms with Gasteiger partial charge in [0.2, 0.25) is 5.91 Å². The highest BCUT2D eigenvalue weighted by atomic mass is 35.5. The third-order valence-electron chi connectivity index (χ3n) is 4.32. The molecule has 0 spiro atoms. The van der Waals surface area contributed by atoms with Gasteiger partial charge in [-0.15, -0.1) is 12.4 Å². The molecule has 1 fully saturated rings. The Kier molecular flexibility index (Phi) is 5.81. The zero-order chi connectivity index (χ0) is 14.8. The maximum atomic E-state index is 12.7. The molecule has 2 unspecified atom stereocenters. The van der Waals surface area contributed by atoms with Crippen molar-refractivity contribution in [3.8, 4) is 0 Å². The standard InChI is InChI=1S/C16H23N3O2.ClH/c1-12-8-13-4-2-3-5-15(13)19(12)16(20)11-18-6-7-21-14(9-17)10-18;/h2-5,12,14H,6-11,17H2,1H3;1H. The summed E-state index contributed by atoms with van der Waals surface area (Å²) >= 11 is 0. The molecule has 0 bridgehead atoms. The van der Waals surface area contributed by atoms with Crippen LogP contribution >= 0.6 is 12.4 Å². The van der Waals surface area contributed by atoms with Gasteiger partial charge in [-0.3, -0.25) is 9.69 Å². The number of para-hydroxylation sites is 1. The number of nitrogens with zero attached hydrogens (tertiary/aromatic N) is 2. The molecule has 0 radical (unpaired) electrons. The molecule has 0 aliphatic carbocycles. The van der Waals surface area contributed by atoms with Gasteiger partial charge in [-0.05, 0) is 25.0 Å². The van der Waals surface area contributed by atoms with Crippen molar-refractivity contribution in [3.63, 3.8) is 0 Å². The van der Waals surface area contributed by atoms with Crippen LogP contribution < -0.4 is 10.6 Å². The number of rotatable bonds is 3. The maximum absolute atomic E-state index is 12.7. The number of fused-ring (bicyclic) bond motifs is 1. The fraction of sp³-hybridized carbons (Fsp3) is 0.562. The summed E-state index contributed by atoms with van der Waals surface area (Å²) < 4.78 is 5.55. The number of morpholine rings is 1. The molecule has 122 valence electrons. The van der Waals surface area contributed by atoms with E-state index in [0.29, 0.717) is 19.7 Å². The maximum Gasteiger partial charge on any atom is 0.241 e. The predicted octanol–water partition coefficient (Wildman–Crippen LogP) is 1.05. The molecule has 22 heavy (non-hydrogen) atoms. The Balaban J connectivity index is 0.00000176. The quantitative estimate of drug-likeness (QED) is 0.902. The minimum atomic E-state index is 0. The lowest BCUT2D eigenvalue weighted by atomic mass is 10.1. The van der Waals surface area contributed by atoms with Crippen LogP contribution in [-0.4, -0.2) is 55.7 Å². The van der Waals surface area contributed by atoms with Gasteiger partial charge in [-0.1, -0.05) is 18.2 Å². The number of amides is 1. The SMILES string of the molecule is CC1Cc2ccccc2N1C(=O)CN1CCOC(CN)C1.Cl. The average Bonchev–Trinajstić information content (AvgIpc) is 2.83. The van der Waals surface area contributed by atoms with E-state index in [9.17, 15) is 4.79 Å². The van der Waals surface area contributed by atoms with Crippen LogP contribution in [0.1, 0.15) is 12.5 Å². The second-order valence-corrected chi connectivity index (χ2v) is 5.91. The van der Waals surface area contributed by atoms with E-state index in [1.54, 1.807) is 0 Å². The van der Waals surface area contributed by atoms with E-state index in [-0.39, 0.29) is 30.5 Å². The number of halogens is 1. The first kappa shape index (κ1) is 17.2. The van der Waals surface area contributed by atoms with Crippen LogP contribution in [0, 0.1) is 0 Å². The van der Waals surface area contributed by atoms with E-state index in [1.807, 2.05) is 23.1 Å². The molecular formula is C16H24ClN3O2. The fourth-order valence-electron chi connectivity index (χ4n) is 3.28. The first-order chi connectivity index (χ1) is 10.2. The zero-order valence-electron chi connectivity index (χ0n) is 12.9. The molecule has 3 rings (SSSR count). The van der Waals surface area contributed by atoms with Gasteiger partial charge in [0.1, 0.15) is 0 Å². The Bertz CT molecular complexity index is 526. The summed E-state index contributed by atoms with van der Waals surface area (Å²) in [4.78, 5) is 16.8. The van der Waals surface area contributed by atoms with Crippen molar-refractivity contribution in [2.45, 2.75) is 25.5 Å². The molecule has 2 heterocycles. The third-order valence-corrected chi connectivity index (χ3v) is 4.32. The van der Waals surface area contributed by atoms with Crippen molar-refractivity contribution >= 4 is 24.0 Å². The Morgan fingerprint density at radius 2 is 2.18 bits per heavy atom. The first-order valence-corrected chi connectivity index (χ1v) is 7.63. The van der Waals surface area contributed by atoms with Crippen LogP contribution in [0.15, 0.2) is 24.3 Å². The van der Waals surface area contributed by atoms with Crippen LogP contribution in [-0.2, 0) is 16.0 Å². The number of nitrogens with two attached hydrogens (primary N) is 1. The largest absolute Gasteiger partial charge is 0.374 e. The van der Waals surface area contributed by atoms with Crippen molar-refractivity contribution in [1.29, 1.82) is 0 Å². The van der Waals surface area contributed by atoms with Crippen LogP contribution in [0.4, 0.5) is 5.69 Å². The lowest BCUT2D eigenvalue weighted by Gasteiger charge is -2.33. The number of hydrogen-bond donors (Lipinski definition) is 1. The molecule has 2 aliphatic heterocycles. The zero-order valence-corrected chi connectivity index (χ0v) is 13.7. The molecular weight excluding hydrogens is 302 g/mol. The van der Waals surface area contributed by atoms with E-state index in [4.69, 9.17) is 10.5 Å². The Morgan fingerprint density at radius 3 is 2.95 bits per heavy atom. The van der Waals surface area contributed by atoms with Crippen molar-refractivity contribution in [3.05, 3.63) is 29.8 Å². The van der Waals surface area contributed by atoms with E-state index >= 15 is 0 Å². The summed E-state index contributed by atoms with van der Waals surface area (Å²) in [6.07, 6.45) is 0.992. The number of carbonyl (C=O) groups is 1. The molecule has 1 aromatic rings. The van der Waals surface area contributed by atoms with Crippen LogP contribution in [0.3, 0.4) is 0 Å². The summed E-state index contributed by atoms with van der Waals surface area (Å²) in [6, 6.07) is 8.42. The van der Waals surface area contributed by atoms with Crippen molar-refractivity contribution in [2.24, 2.45) is 5.73 Å². The summed E-state index contributed by atoms with van der Waals surface area (Å²) in [5.41, 5.74) is 7.99. The van der Waals surface area contributed by atoms with Crippen LogP contribution in [0.25, 0.3) is 0 Å². The van der Waals surface area contributed by atoms with Gasteiger partial charge in [0.25, 0.3) is 0 Å². The molecule has 5 nitrogen and oxygen atoms in total. The van der Waals surface area contributed by atoms with Gasteiger partial charge in [0.05, 0.1) is 19.3 Å². The molecule has 2 atom stereocenters. The van der Waals surface area contributed by atoms with Gasteiger partial charge in [-0.2, -0.15) is 0 Å². The molecule has 1 aromatic carbocycles. The van der Waals surface area contributed by atoms with Gasteiger partial charge in [-0.25, -0.2) is 0 Å². The van der Waals surface area contributed by atoms with Crippen molar-refractivity contribution in [1.82, 2.24) is 4.90 Å². The van der Waals surface area contributed by atoms with Crippen molar-refractivity contribution < 1.29 is 9.53 Å². The minimum absolute atomic E-state index is 0. The topological polar surface area (TPSA) is 58.8 Å². The lowest BCUT2D eigenvalue weighted by molar-refractivity contribution is -0.122. The average molecular weight is 326 g/mol. The van der Waals surface area contributed by atoms with E-state index < -0.39 is 0 Å². The smallest absolute Gasteiger partial charge is 0.241 e. The third kappa shape index (κ3) is 3.43. The van der Waals surface area contributed by atoms with Gasteiger partial charge < -0.3 is 15.4 Å². The second kappa shape index (κ2) is 7.42. The second-order valence-electron chi connectivity index (χ2n) is 5.91. The molecule has 2 N–H and O–H groups in total. The summed E-state index contributed by atoms with van der Waals surface area (Å²) in [5.74, 6) is 0.171. The van der Waals surface area contributed by atoms with Gasteiger partial charge in [0, 0.05) is 31.4 Å². The minimum Gasteiger partial charge on any atom is -0.374 e. The molecule has 1 saturated heterocycles. The van der Waals surface area contributed by atoms with Crippen LogP contribution in [0.5, 0.6) is 0 Å². The highest BCUT2D eigenvalue weighted by Crippen LogP contribution is 2.31. The normalized spacial score (nSPS) is 24.7. The van der Waals surface area contributed by atoms with Gasteiger partial charge >= 0.3 is 0 Å². The molecule has 0 saturated carbocycles. The number of benzene rings is 1. The number of carbonyl (C=O) groups excluding carboxylic acids is 1. The molecule has 2 aliphatic rings. The molecule has 6 heteroatoms. The van der Waals surface area contributed by atoms with E-state index in [2.05, 4.69) is 17.9 Å². The summed E-state index contributed by atoms with van der Waals surface area (Å²) in [5, 5.41) is 0. The number of ether oxygens (including phenoxy) is 1. The van der Waals surface area contributed by atoms with Crippen LogP contribution in [0.2, 0.25) is 0 Å².